The van der Waals surface area contributed by atoms with E-state index in [1.54, 1.807) is 11.8 Å². The summed E-state index contributed by atoms with van der Waals surface area (Å²) in [4.78, 5) is 5.23. The van der Waals surface area contributed by atoms with Gasteiger partial charge in [-0.2, -0.15) is 5.10 Å². The molecule has 0 bridgehead atoms. The van der Waals surface area contributed by atoms with Gasteiger partial charge in [0.25, 0.3) is 0 Å². The highest BCUT2D eigenvalue weighted by molar-refractivity contribution is 7.99. The predicted molar refractivity (Wildman–Crippen MR) is 64.3 cm³/mol. The number of aromatic nitrogens is 3. The molecule has 1 heterocycles. The van der Waals surface area contributed by atoms with Crippen LogP contribution in [0.25, 0.3) is 0 Å². The molecule has 0 saturated heterocycles. The van der Waals surface area contributed by atoms with Gasteiger partial charge in [-0.25, -0.2) is 4.98 Å². The topological polar surface area (TPSA) is 53.6 Å². The molecule has 0 amide bonds. The lowest BCUT2D eigenvalue weighted by atomic mass is 10.2. The smallest absolute Gasteiger partial charge is 0.188 e. The highest BCUT2D eigenvalue weighted by atomic mass is 32.2. The minimum absolute atomic E-state index is 0.819. The van der Waals surface area contributed by atoms with Crippen molar-refractivity contribution in [3.63, 3.8) is 0 Å². The van der Waals surface area contributed by atoms with Crippen LogP contribution in [0.15, 0.2) is 40.6 Å². The molecular formula is C11H14N4S. The summed E-state index contributed by atoms with van der Waals surface area (Å²) >= 11 is 1.58. The van der Waals surface area contributed by atoms with Crippen LogP contribution in [0.5, 0.6) is 0 Å². The second-order valence-corrected chi connectivity index (χ2v) is 4.38. The standard InChI is InChI=1S/C11H14N4S/c1-2-12-7-9-3-5-10(6-4-9)16-11-13-8-14-15-11/h3-6,8,12H,2,7H2,1H3,(H,13,14,15). The van der Waals surface area contributed by atoms with E-state index in [1.807, 2.05) is 0 Å². The average Bonchev–Trinajstić information content (AvgIpc) is 2.81. The van der Waals surface area contributed by atoms with Gasteiger partial charge in [-0.05, 0) is 24.2 Å². The fraction of sp³-hybridized carbons (Fsp3) is 0.273. The lowest BCUT2D eigenvalue weighted by Crippen LogP contribution is -2.11. The molecule has 0 saturated carbocycles. The zero-order chi connectivity index (χ0) is 11.2. The number of hydrogen-bond donors (Lipinski definition) is 2. The summed E-state index contributed by atoms with van der Waals surface area (Å²) in [6, 6.07) is 8.45. The summed E-state index contributed by atoms with van der Waals surface area (Å²) in [5, 5.41) is 10.7. The third-order valence-corrected chi connectivity index (χ3v) is 3.01. The van der Waals surface area contributed by atoms with Crippen molar-refractivity contribution in [3.05, 3.63) is 36.2 Å². The van der Waals surface area contributed by atoms with E-state index in [0.29, 0.717) is 0 Å². The minimum atomic E-state index is 0.819. The van der Waals surface area contributed by atoms with Crippen molar-refractivity contribution in [2.24, 2.45) is 0 Å². The molecule has 1 aromatic carbocycles. The van der Waals surface area contributed by atoms with E-state index in [2.05, 4.69) is 51.7 Å². The van der Waals surface area contributed by atoms with Crippen molar-refractivity contribution < 1.29 is 0 Å². The summed E-state index contributed by atoms with van der Waals surface area (Å²) in [7, 11) is 0. The van der Waals surface area contributed by atoms with E-state index in [9.17, 15) is 0 Å². The molecule has 0 radical (unpaired) electrons. The summed E-state index contributed by atoms with van der Waals surface area (Å²) in [5.74, 6) is 0. The van der Waals surface area contributed by atoms with Crippen molar-refractivity contribution in [1.29, 1.82) is 0 Å². The molecule has 0 aliphatic carbocycles. The van der Waals surface area contributed by atoms with Crippen LogP contribution in [0.1, 0.15) is 12.5 Å². The Balaban J connectivity index is 1.96. The number of hydrogen-bond acceptors (Lipinski definition) is 4. The molecule has 0 unspecified atom stereocenters. The van der Waals surface area contributed by atoms with Crippen LogP contribution in [0.4, 0.5) is 0 Å². The zero-order valence-corrected chi connectivity index (χ0v) is 9.92. The molecule has 2 N–H and O–H groups in total. The lowest BCUT2D eigenvalue weighted by molar-refractivity contribution is 0.726. The highest BCUT2D eigenvalue weighted by Gasteiger charge is 1.99. The molecule has 5 heteroatoms. The summed E-state index contributed by atoms with van der Waals surface area (Å²) < 4.78 is 0. The number of benzene rings is 1. The Bertz CT molecular complexity index is 410. The molecule has 0 spiro atoms. The summed E-state index contributed by atoms with van der Waals surface area (Å²) in [6.07, 6.45) is 1.52. The van der Waals surface area contributed by atoms with E-state index in [-0.39, 0.29) is 0 Å². The van der Waals surface area contributed by atoms with E-state index in [1.165, 1.54) is 11.9 Å². The van der Waals surface area contributed by atoms with Gasteiger partial charge in [0.2, 0.25) is 0 Å². The molecule has 16 heavy (non-hydrogen) atoms. The van der Waals surface area contributed by atoms with Gasteiger partial charge in [-0.3, -0.25) is 5.10 Å². The van der Waals surface area contributed by atoms with E-state index in [0.717, 1.165) is 23.1 Å². The minimum Gasteiger partial charge on any atom is -0.313 e. The van der Waals surface area contributed by atoms with E-state index < -0.39 is 0 Å². The maximum absolute atomic E-state index is 4.07. The van der Waals surface area contributed by atoms with Crippen molar-refractivity contribution >= 4 is 11.8 Å². The van der Waals surface area contributed by atoms with Crippen molar-refractivity contribution in [3.8, 4) is 0 Å². The first-order valence-electron chi connectivity index (χ1n) is 5.21. The van der Waals surface area contributed by atoms with Gasteiger partial charge in [-0.1, -0.05) is 30.8 Å². The maximum atomic E-state index is 4.07. The van der Waals surface area contributed by atoms with Crippen LogP contribution in [-0.4, -0.2) is 21.7 Å². The molecular weight excluding hydrogens is 220 g/mol. The Labute approximate surface area is 98.9 Å². The fourth-order valence-corrected chi connectivity index (χ4v) is 1.99. The van der Waals surface area contributed by atoms with E-state index in [4.69, 9.17) is 0 Å². The SMILES string of the molecule is CCNCc1ccc(Sc2ncn[nH]2)cc1. The highest BCUT2D eigenvalue weighted by Crippen LogP contribution is 2.23. The normalized spacial score (nSPS) is 10.6. The lowest BCUT2D eigenvalue weighted by Gasteiger charge is -2.03. The monoisotopic (exact) mass is 234 g/mol. The van der Waals surface area contributed by atoms with Crippen molar-refractivity contribution in [2.45, 2.75) is 23.5 Å². The largest absolute Gasteiger partial charge is 0.313 e. The molecule has 0 fully saturated rings. The number of aromatic amines is 1. The Kier molecular flexibility index (Phi) is 3.96. The zero-order valence-electron chi connectivity index (χ0n) is 9.10. The number of rotatable bonds is 5. The fourth-order valence-electron chi connectivity index (χ4n) is 1.30. The van der Waals surface area contributed by atoms with Crippen LogP contribution in [0, 0.1) is 0 Å². The quantitative estimate of drug-likeness (QED) is 0.831. The second kappa shape index (κ2) is 5.67. The molecule has 0 aliphatic heterocycles. The molecule has 0 aliphatic rings. The summed E-state index contributed by atoms with van der Waals surface area (Å²) in [6.45, 7) is 4.02. The number of H-pyrrole nitrogens is 1. The molecule has 0 atom stereocenters. The number of nitrogens with zero attached hydrogens (tertiary/aromatic N) is 2. The first kappa shape index (κ1) is 11.2. The Morgan fingerprint density at radius 1 is 1.31 bits per heavy atom. The Morgan fingerprint density at radius 2 is 2.12 bits per heavy atom. The van der Waals surface area contributed by atoms with Gasteiger partial charge < -0.3 is 5.32 Å². The van der Waals surface area contributed by atoms with Crippen LogP contribution in [-0.2, 0) is 6.54 Å². The third kappa shape index (κ3) is 3.08. The third-order valence-electron chi connectivity index (χ3n) is 2.11. The van der Waals surface area contributed by atoms with Crippen molar-refractivity contribution in [2.75, 3.05) is 6.54 Å². The van der Waals surface area contributed by atoms with E-state index >= 15 is 0 Å². The van der Waals surface area contributed by atoms with Gasteiger partial charge in [0.1, 0.15) is 6.33 Å². The first-order chi connectivity index (χ1) is 7.88. The molecule has 4 nitrogen and oxygen atoms in total. The Hall–Kier alpha value is -1.33. The molecule has 1 aromatic heterocycles. The van der Waals surface area contributed by atoms with Crippen LogP contribution in [0.3, 0.4) is 0 Å². The van der Waals surface area contributed by atoms with Gasteiger partial charge in [0.15, 0.2) is 5.16 Å². The molecule has 2 rings (SSSR count). The number of nitrogens with one attached hydrogen (secondary N) is 2. The first-order valence-corrected chi connectivity index (χ1v) is 6.03. The Morgan fingerprint density at radius 3 is 2.75 bits per heavy atom. The van der Waals surface area contributed by atoms with Crippen LogP contribution < -0.4 is 5.32 Å². The summed E-state index contributed by atoms with van der Waals surface area (Å²) in [5.41, 5.74) is 1.30. The van der Waals surface area contributed by atoms with Crippen LogP contribution in [0.2, 0.25) is 0 Å². The maximum Gasteiger partial charge on any atom is 0.188 e. The predicted octanol–water partition coefficient (Wildman–Crippen LogP) is 2.07. The van der Waals surface area contributed by atoms with Gasteiger partial charge >= 0.3 is 0 Å². The molecule has 2 aromatic rings. The van der Waals surface area contributed by atoms with Gasteiger partial charge in [-0.15, -0.1) is 0 Å². The van der Waals surface area contributed by atoms with Crippen LogP contribution >= 0.6 is 11.8 Å². The van der Waals surface area contributed by atoms with Gasteiger partial charge in [0.05, 0.1) is 0 Å². The van der Waals surface area contributed by atoms with Crippen molar-refractivity contribution in [1.82, 2.24) is 20.5 Å². The van der Waals surface area contributed by atoms with Gasteiger partial charge in [0, 0.05) is 11.4 Å². The average molecular weight is 234 g/mol. The molecule has 84 valence electrons. The second-order valence-electron chi connectivity index (χ2n) is 3.32.